The maximum absolute atomic E-state index is 12.6. The SMILES string of the molecule is COC(=O)c1c(-c2ccccc2S(=O)(=O)O)nn(-c2ccccc2)c1C(=O)OC. The quantitative estimate of drug-likeness (QED) is 0.496. The molecule has 2 aromatic carbocycles. The third-order valence-corrected chi connectivity index (χ3v) is 4.99. The van der Waals surface area contributed by atoms with E-state index in [1.807, 2.05) is 0 Å². The number of aromatic nitrogens is 2. The number of hydrogen-bond acceptors (Lipinski definition) is 7. The standard InChI is InChI=1S/C19H16N2O7S/c1-27-18(22)15-16(13-10-6-7-11-14(13)29(24,25)26)20-21(17(15)19(23)28-2)12-8-4-3-5-9-12/h3-11H,1-2H3,(H,24,25,26). The maximum Gasteiger partial charge on any atom is 0.357 e. The number of para-hydroxylation sites is 1. The van der Waals surface area contributed by atoms with Gasteiger partial charge in [0, 0.05) is 5.56 Å². The molecule has 1 heterocycles. The molecule has 0 aliphatic rings. The second-order valence-corrected chi connectivity index (χ2v) is 7.16. The zero-order valence-electron chi connectivity index (χ0n) is 15.4. The molecule has 10 heteroatoms. The van der Waals surface area contributed by atoms with Gasteiger partial charge < -0.3 is 9.47 Å². The van der Waals surface area contributed by atoms with E-state index in [0.717, 1.165) is 25.0 Å². The van der Waals surface area contributed by atoms with Crippen LogP contribution in [-0.2, 0) is 19.6 Å². The average Bonchev–Trinajstić information content (AvgIpc) is 3.13. The molecule has 3 rings (SSSR count). The van der Waals surface area contributed by atoms with Gasteiger partial charge in [0.05, 0.1) is 19.9 Å². The molecule has 0 fully saturated rings. The summed E-state index contributed by atoms with van der Waals surface area (Å²) in [6.07, 6.45) is 0. The second kappa shape index (κ2) is 7.86. The lowest BCUT2D eigenvalue weighted by molar-refractivity contribution is 0.0549. The molecule has 0 aliphatic heterocycles. The predicted octanol–water partition coefficient (Wildman–Crippen LogP) is 2.36. The molecule has 0 saturated heterocycles. The van der Waals surface area contributed by atoms with Gasteiger partial charge in [-0.1, -0.05) is 36.4 Å². The van der Waals surface area contributed by atoms with Crippen molar-refractivity contribution in [1.29, 1.82) is 0 Å². The lowest BCUT2D eigenvalue weighted by atomic mass is 10.1. The molecule has 0 radical (unpaired) electrons. The molecule has 1 N–H and O–H groups in total. The maximum atomic E-state index is 12.6. The van der Waals surface area contributed by atoms with Crippen LogP contribution in [0.5, 0.6) is 0 Å². The average molecular weight is 416 g/mol. The summed E-state index contributed by atoms with van der Waals surface area (Å²) in [7, 11) is -2.39. The highest BCUT2D eigenvalue weighted by atomic mass is 32.2. The van der Waals surface area contributed by atoms with Crippen LogP contribution in [0.1, 0.15) is 20.8 Å². The van der Waals surface area contributed by atoms with Crippen LogP contribution in [0, 0.1) is 0 Å². The van der Waals surface area contributed by atoms with Crippen molar-refractivity contribution >= 4 is 22.1 Å². The van der Waals surface area contributed by atoms with Gasteiger partial charge in [-0.05, 0) is 18.2 Å². The van der Waals surface area contributed by atoms with Crippen LogP contribution >= 0.6 is 0 Å². The first kappa shape index (κ1) is 20.2. The lowest BCUT2D eigenvalue weighted by Gasteiger charge is -2.07. The van der Waals surface area contributed by atoms with Gasteiger partial charge in [0.15, 0.2) is 5.69 Å². The molecule has 29 heavy (non-hydrogen) atoms. The largest absolute Gasteiger partial charge is 0.465 e. The summed E-state index contributed by atoms with van der Waals surface area (Å²) in [4.78, 5) is 24.6. The van der Waals surface area contributed by atoms with E-state index < -0.39 is 27.0 Å². The van der Waals surface area contributed by atoms with Crippen molar-refractivity contribution in [2.45, 2.75) is 4.90 Å². The summed E-state index contributed by atoms with van der Waals surface area (Å²) < 4.78 is 44.0. The van der Waals surface area contributed by atoms with Gasteiger partial charge in [-0.15, -0.1) is 0 Å². The number of hydrogen-bond donors (Lipinski definition) is 1. The van der Waals surface area contributed by atoms with Crippen LogP contribution in [0.25, 0.3) is 16.9 Å². The zero-order valence-corrected chi connectivity index (χ0v) is 16.2. The predicted molar refractivity (Wildman–Crippen MR) is 101 cm³/mol. The van der Waals surface area contributed by atoms with Crippen LogP contribution in [0.2, 0.25) is 0 Å². The summed E-state index contributed by atoms with van der Waals surface area (Å²) in [5.41, 5.74) is -0.344. The summed E-state index contributed by atoms with van der Waals surface area (Å²) >= 11 is 0. The molecule has 0 saturated carbocycles. The lowest BCUT2D eigenvalue weighted by Crippen LogP contribution is -2.15. The second-order valence-electron chi connectivity index (χ2n) is 5.77. The Kier molecular flexibility index (Phi) is 5.48. The molecule has 0 amide bonds. The Balaban J connectivity index is 2.45. The summed E-state index contributed by atoms with van der Waals surface area (Å²) in [6, 6.07) is 13.8. The molecule has 0 spiro atoms. The Bertz CT molecular complexity index is 1180. The fraction of sp³-hybridized carbons (Fsp3) is 0.105. The summed E-state index contributed by atoms with van der Waals surface area (Å²) in [5, 5.41) is 4.30. The minimum absolute atomic E-state index is 0.0739. The molecule has 0 bridgehead atoms. The van der Waals surface area contributed by atoms with E-state index >= 15 is 0 Å². The fourth-order valence-electron chi connectivity index (χ4n) is 2.83. The number of rotatable bonds is 5. The van der Waals surface area contributed by atoms with Crippen molar-refractivity contribution in [3.05, 3.63) is 65.9 Å². The number of ether oxygens (including phenoxy) is 2. The number of carbonyl (C=O) groups is 2. The van der Waals surface area contributed by atoms with E-state index in [0.29, 0.717) is 5.69 Å². The minimum atomic E-state index is -4.64. The Morgan fingerprint density at radius 2 is 1.52 bits per heavy atom. The van der Waals surface area contributed by atoms with Gasteiger partial charge in [-0.2, -0.15) is 13.5 Å². The first-order chi connectivity index (χ1) is 13.8. The first-order valence-corrected chi connectivity index (χ1v) is 9.65. The monoisotopic (exact) mass is 416 g/mol. The van der Waals surface area contributed by atoms with Crippen molar-refractivity contribution in [3.8, 4) is 16.9 Å². The molecule has 0 atom stereocenters. The van der Waals surface area contributed by atoms with Gasteiger partial charge in [0.1, 0.15) is 16.2 Å². The van der Waals surface area contributed by atoms with Crippen molar-refractivity contribution in [1.82, 2.24) is 9.78 Å². The van der Waals surface area contributed by atoms with Crippen LogP contribution in [0.3, 0.4) is 0 Å². The normalized spacial score (nSPS) is 11.1. The van der Waals surface area contributed by atoms with Crippen LogP contribution < -0.4 is 0 Å². The Morgan fingerprint density at radius 1 is 0.931 bits per heavy atom. The van der Waals surface area contributed by atoms with Crippen LogP contribution in [0.15, 0.2) is 59.5 Å². The van der Waals surface area contributed by atoms with E-state index in [9.17, 15) is 22.6 Å². The number of carbonyl (C=O) groups excluding carboxylic acids is 2. The van der Waals surface area contributed by atoms with Gasteiger partial charge in [-0.25, -0.2) is 14.3 Å². The van der Waals surface area contributed by atoms with Crippen LogP contribution in [0.4, 0.5) is 0 Å². The van der Waals surface area contributed by atoms with Crippen molar-refractivity contribution in [3.63, 3.8) is 0 Å². The topological polar surface area (TPSA) is 125 Å². The van der Waals surface area contributed by atoms with Gasteiger partial charge in [0.25, 0.3) is 10.1 Å². The van der Waals surface area contributed by atoms with E-state index in [-0.39, 0.29) is 22.5 Å². The zero-order chi connectivity index (χ0) is 21.2. The van der Waals surface area contributed by atoms with E-state index in [1.165, 1.54) is 18.2 Å². The fourth-order valence-corrected chi connectivity index (χ4v) is 3.52. The van der Waals surface area contributed by atoms with E-state index in [1.54, 1.807) is 30.3 Å². The van der Waals surface area contributed by atoms with E-state index in [2.05, 4.69) is 5.10 Å². The highest BCUT2D eigenvalue weighted by Gasteiger charge is 2.33. The molecule has 9 nitrogen and oxygen atoms in total. The number of benzene rings is 2. The first-order valence-electron chi connectivity index (χ1n) is 8.21. The molecule has 0 unspecified atom stereocenters. The molecular weight excluding hydrogens is 400 g/mol. The smallest absolute Gasteiger partial charge is 0.357 e. The molecule has 150 valence electrons. The third kappa shape index (κ3) is 3.75. The van der Waals surface area contributed by atoms with Crippen LogP contribution in [-0.4, -0.2) is 48.9 Å². The minimum Gasteiger partial charge on any atom is -0.465 e. The third-order valence-electron chi connectivity index (χ3n) is 4.07. The molecule has 0 aliphatic carbocycles. The van der Waals surface area contributed by atoms with E-state index in [4.69, 9.17) is 9.47 Å². The summed E-state index contributed by atoms with van der Waals surface area (Å²) in [5.74, 6) is -1.80. The van der Waals surface area contributed by atoms with Crippen molar-refractivity contribution in [2.24, 2.45) is 0 Å². The Morgan fingerprint density at radius 3 is 2.10 bits per heavy atom. The van der Waals surface area contributed by atoms with Gasteiger partial charge in [0.2, 0.25) is 0 Å². The van der Waals surface area contributed by atoms with Gasteiger partial charge in [-0.3, -0.25) is 4.55 Å². The van der Waals surface area contributed by atoms with Gasteiger partial charge >= 0.3 is 11.9 Å². The number of nitrogens with zero attached hydrogens (tertiary/aromatic N) is 2. The molecule has 3 aromatic rings. The number of esters is 2. The Labute approximate surface area is 166 Å². The highest BCUT2D eigenvalue weighted by molar-refractivity contribution is 7.86. The highest BCUT2D eigenvalue weighted by Crippen LogP contribution is 2.33. The molecule has 1 aromatic heterocycles. The number of methoxy groups -OCH3 is 2. The Hall–Kier alpha value is -3.50. The summed E-state index contributed by atoms with van der Waals surface area (Å²) in [6.45, 7) is 0. The van der Waals surface area contributed by atoms with Crippen molar-refractivity contribution < 1.29 is 32.0 Å². The molecular formula is C19H16N2O7S. The van der Waals surface area contributed by atoms with Crippen molar-refractivity contribution in [2.75, 3.05) is 14.2 Å².